The van der Waals surface area contributed by atoms with Crippen LogP contribution in [0.25, 0.3) is 22.0 Å². The van der Waals surface area contributed by atoms with Gasteiger partial charge in [-0.2, -0.15) is 0 Å². The normalized spacial score (nSPS) is 14.1. The summed E-state index contributed by atoms with van der Waals surface area (Å²) in [6.45, 7) is 2.91. The lowest BCUT2D eigenvalue weighted by Crippen LogP contribution is -2.17. The number of aromatic nitrogens is 1. The van der Waals surface area contributed by atoms with E-state index in [0.717, 1.165) is 52.0 Å². The van der Waals surface area contributed by atoms with Crippen LogP contribution in [-0.4, -0.2) is 23.2 Å². The summed E-state index contributed by atoms with van der Waals surface area (Å²) in [5, 5.41) is 5.02. The Morgan fingerprint density at radius 3 is 2.79 bits per heavy atom. The molecule has 1 aliphatic heterocycles. The highest BCUT2D eigenvalue weighted by molar-refractivity contribution is 8.00. The van der Waals surface area contributed by atoms with E-state index in [-0.39, 0.29) is 5.56 Å². The number of pyridine rings is 1. The van der Waals surface area contributed by atoms with E-state index >= 15 is 0 Å². The third-order valence-electron chi connectivity index (χ3n) is 6.16. The largest absolute Gasteiger partial charge is 0.322 e. The van der Waals surface area contributed by atoms with Crippen LogP contribution in [0.15, 0.2) is 72.9 Å². The lowest BCUT2D eigenvalue weighted by Gasteiger charge is -2.21. The van der Waals surface area contributed by atoms with E-state index in [1.54, 1.807) is 24.2 Å². The van der Waals surface area contributed by atoms with Gasteiger partial charge in [0.25, 0.3) is 5.91 Å². The van der Waals surface area contributed by atoms with Crippen LogP contribution < -0.4 is 9.62 Å². The minimum Gasteiger partial charge on any atom is -0.322 e. The van der Waals surface area contributed by atoms with E-state index in [9.17, 15) is 9.18 Å². The maximum Gasteiger partial charge on any atom is 0.258 e. The van der Waals surface area contributed by atoms with Crippen molar-refractivity contribution in [3.8, 4) is 11.3 Å². The third kappa shape index (κ3) is 4.64. The third-order valence-corrected chi connectivity index (χ3v) is 7.34. The number of fused-ring (bicyclic) bond motifs is 1. The zero-order valence-corrected chi connectivity index (χ0v) is 19.9. The van der Waals surface area contributed by atoms with Crippen molar-refractivity contribution in [2.75, 3.05) is 21.9 Å². The second kappa shape index (κ2) is 9.85. The van der Waals surface area contributed by atoms with E-state index in [1.165, 1.54) is 18.9 Å². The summed E-state index contributed by atoms with van der Waals surface area (Å²) in [5.74, 6) is 0.0571. The van der Waals surface area contributed by atoms with Gasteiger partial charge in [-0.25, -0.2) is 4.39 Å². The molecule has 0 bridgehead atoms. The number of halogens is 1. The molecule has 1 N–H and O–H groups in total. The van der Waals surface area contributed by atoms with E-state index in [0.29, 0.717) is 5.69 Å². The average molecular weight is 472 g/mol. The van der Waals surface area contributed by atoms with Gasteiger partial charge in [0, 0.05) is 40.8 Å². The maximum atomic E-state index is 14.9. The van der Waals surface area contributed by atoms with Crippen molar-refractivity contribution >= 4 is 40.0 Å². The molecule has 1 saturated heterocycles. The van der Waals surface area contributed by atoms with Gasteiger partial charge in [0.1, 0.15) is 5.82 Å². The second-order valence-electron chi connectivity index (χ2n) is 8.52. The predicted octanol–water partition coefficient (Wildman–Crippen LogP) is 7.24. The first-order valence-corrected chi connectivity index (χ1v) is 12.5. The predicted molar refractivity (Wildman–Crippen MR) is 140 cm³/mol. The van der Waals surface area contributed by atoms with Gasteiger partial charge in [-0.1, -0.05) is 36.8 Å². The molecule has 5 rings (SSSR count). The van der Waals surface area contributed by atoms with Gasteiger partial charge in [0.15, 0.2) is 0 Å². The minimum atomic E-state index is -0.511. The number of hydrogen-bond acceptors (Lipinski definition) is 4. The first-order valence-electron chi connectivity index (χ1n) is 11.6. The van der Waals surface area contributed by atoms with Crippen molar-refractivity contribution in [3.05, 3.63) is 89.9 Å². The highest BCUT2D eigenvalue weighted by Gasteiger charge is 2.17. The van der Waals surface area contributed by atoms with Crippen molar-refractivity contribution < 1.29 is 9.18 Å². The summed E-state index contributed by atoms with van der Waals surface area (Å²) < 4.78 is 17.1. The summed E-state index contributed by atoms with van der Waals surface area (Å²) >= 11 is 1.72. The van der Waals surface area contributed by atoms with Crippen LogP contribution in [0.4, 0.5) is 15.8 Å². The van der Waals surface area contributed by atoms with Crippen LogP contribution in [0.3, 0.4) is 0 Å². The average Bonchev–Trinajstić information content (AvgIpc) is 3.14. The van der Waals surface area contributed by atoms with Crippen LogP contribution in [0.2, 0.25) is 0 Å². The Labute approximate surface area is 203 Å². The standard InChI is InChI=1S/C28H26FN3OS/c1-19-9-10-21(17-25(19)27-23-8-4-3-7-20(23)13-14-30-27)31-28(33)24-12-11-22(18-26(24)29)32-15-5-2-6-16-34-32/h3-4,7-14,17-18H,2,5-6,15-16H2,1H3,(H,31,33). The van der Waals surface area contributed by atoms with Crippen LogP contribution in [0.5, 0.6) is 0 Å². The molecule has 0 radical (unpaired) electrons. The lowest BCUT2D eigenvalue weighted by atomic mass is 9.99. The molecule has 0 saturated carbocycles. The summed E-state index contributed by atoms with van der Waals surface area (Å²) in [6.07, 6.45) is 5.26. The van der Waals surface area contributed by atoms with Crippen molar-refractivity contribution in [2.45, 2.75) is 26.2 Å². The molecule has 0 aliphatic carbocycles. The smallest absolute Gasteiger partial charge is 0.258 e. The van der Waals surface area contributed by atoms with Gasteiger partial charge >= 0.3 is 0 Å². The van der Waals surface area contributed by atoms with Crippen LogP contribution in [0.1, 0.15) is 35.2 Å². The monoisotopic (exact) mass is 471 g/mol. The van der Waals surface area contributed by atoms with Gasteiger partial charge in [-0.3, -0.25) is 9.78 Å². The number of amides is 1. The Kier molecular flexibility index (Phi) is 6.50. The summed E-state index contributed by atoms with van der Waals surface area (Å²) in [4.78, 5) is 17.5. The number of carbonyl (C=O) groups excluding carboxylic acids is 1. The number of carbonyl (C=O) groups is 1. The van der Waals surface area contributed by atoms with E-state index in [2.05, 4.69) is 20.7 Å². The molecule has 6 heteroatoms. The Bertz CT molecular complexity index is 1340. The topological polar surface area (TPSA) is 45.2 Å². The molecule has 1 fully saturated rings. The molecular weight excluding hydrogens is 445 g/mol. The number of rotatable bonds is 4. The Balaban J connectivity index is 1.40. The van der Waals surface area contributed by atoms with Gasteiger partial charge in [-0.05, 0) is 79.1 Å². The fourth-order valence-corrected chi connectivity index (χ4v) is 5.38. The summed E-state index contributed by atoms with van der Waals surface area (Å²) in [7, 11) is 0. The van der Waals surface area contributed by atoms with Crippen LogP contribution in [-0.2, 0) is 0 Å². The molecule has 0 unspecified atom stereocenters. The molecule has 4 aromatic rings. The molecule has 172 valence electrons. The highest BCUT2D eigenvalue weighted by atomic mass is 32.2. The van der Waals surface area contributed by atoms with E-state index < -0.39 is 11.7 Å². The van der Waals surface area contributed by atoms with E-state index in [1.807, 2.05) is 55.5 Å². The Morgan fingerprint density at radius 2 is 1.91 bits per heavy atom. The number of hydrogen-bond donors (Lipinski definition) is 1. The molecule has 0 spiro atoms. The molecule has 4 nitrogen and oxygen atoms in total. The van der Waals surface area contributed by atoms with Crippen molar-refractivity contribution in [1.29, 1.82) is 0 Å². The molecule has 1 amide bonds. The molecule has 1 aromatic heterocycles. The van der Waals surface area contributed by atoms with E-state index in [4.69, 9.17) is 0 Å². The van der Waals surface area contributed by atoms with Crippen molar-refractivity contribution in [2.24, 2.45) is 0 Å². The molecule has 34 heavy (non-hydrogen) atoms. The molecule has 0 atom stereocenters. The molecular formula is C28H26FN3OS. The number of benzene rings is 3. The fraction of sp³-hybridized carbons (Fsp3) is 0.214. The fourth-order valence-electron chi connectivity index (χ4n) is 4.31. The summed E-state index contributed by atoms with van der Waals surface area (Å²) in [5.41, 5.74) is 4.29. The van der Waals surface area contributed by atoms with Gasteiger partial charge in [0.2, 0.25) is 0 Å². The lowest BCUT2D eigenvalue weighted by molar-refractivity contribution is 0.102. The number of nitrogens with one attached hydrogen (secondary N) is 1. The van der Waals surface area contributed by atoms with Gasteiger partial charge in [-0.15, -0.1) is 0 Å². The zero-order valence-electron chi connectivity index (χ0n) is 19.1. The second-order valence-corrected chi connectivity index (χ2v) is 9.63. The van der Waals surface area contributed by atoms with Crippen LogP contribution in [0, 0.1) is 12.7 Å². The van der Waals surface area contributed by atoms with Gasteiger partial charge < -0.3 is 9.62 Å². The number of nitrogens with zero attached hydrogens (tertiary/aromatic N) is 2. The Hall–Kier alpha value is -3.38. The van der Waals surface area contributed by atoms with Crippen molar-refractivity contribution in [1.82, 2.24) is 4.98 Å². The first kappa shape index (κ1) is 22.4. The SMILES string of the molecule is Cc1ccc(NC(=O)c2ccc(N3CCCCCS3)cc2F)cc1-c1nccc2ccccc12. The molecule has 3 aromatic carbocycles. The number of anilines is 2. The van der Waals surface area contributed by atoms with Crippen molar-refractivity contribution in [3.63, 3.8) is 0 Å². The zero-order chi connectivity index (χ0) is 23.5. The minimum absolute atomic E-state index is 0.0361. The maximum absolute atomic E-state index is 14.9. The Morgan fingerprint density at radius 1 is 1.03 bits per heavy atom. The highest BCUT2D eigenvalue weighted by Crippen LogP contribution is 2.32. The first-order chi connectivity index (χ1) is 16.6. The molecule has 1 aliphatic rings. The van der Waals surface area contributed by atoms with Crippen LogP contribution >= 0.6 is 11.9 Å². The quantitative estimate of drug-likeness (QED) is 0.319. The number of aryl methyl sites for hydroxylation is 1. The summed E-state index contributed by atoms with van der Waals surface area (Å²) in [6, 6.07) is 20.6. The van der Waals surface area contributed by atoms with Gasteiger partial charge in [0.05, 0.1) is 11.3 Å². The molecule has 2 heterocycles.